The molecule has 0 unspecified atom stereocenters. The fourth-order valence-corrected chi connectivity index (χ4v) is 0.521. The third-order valence-electron chi connectivity index (χ3n) is 0.878. The van der Waals surface area contributed by atoms with Crippen molar-refractivity contribution in [1.82, 2.24) is 0 Å². The van der Waals surface area contributed by atoms with Crippen LogP contribution in [0.5, 0.6) is 0 Å². The largest absolute Gasteiger partial charge is 0.481 e. The van der Waals surface area contributed by atoms with Crippen LogP contribution in [0.1, 0.15) is 13.3 Å². The number of rotatable bonds is 0. The number of allylic oxidation sites excluding steroid dienone is 6. The van der Waals surface area contributed by atoms with E-state index in [0.29, 0.717) is 0 Å². The van der Waals surface area contributed by atoms with Crippen LogP contribution >= 0.6 is 0 Å². The van der Waals surface area contributed by atoms with Crippen LogP contribution in [0.2, 0.25) is 0 Å². The Morgan fingerprint density at radius 2 is 1.55 bits per heavy atom. The zero-order valence-electron chi connectivity index (χ0n) is 6.53. The highest BCUT2D eigenvalue weighted by Crippen LogP contribution is 1.91. The van der Waals surface area contributed by atoms with E-state index in [0.717, 1.165) is 13.3 Å². The monoisotopic (exact) mass is 152 g/mol. The molecule has 2 heteroatoms. The minimum absolute atomic E-state index is 0.833. The third-order valence-corrected chi connectivity index (χ3v) is 0.878. The summed E-state index contributed by atoms with van der Waals surface area (Å²) in [6.07, 6.45) is 13.5. The Labute approximate surface area is 66.5 Å². The van der Waals surface area contributed by atoms with Crippen molar-refractivity contribution in [3.05, 3.63) is 36.5 Å². The van der Waals surface area contributed by atoms with Gasteiger partial charge in [0.2, 0.25) is 0 Å². The molecule has 1 N–H and O–H groups in total. The van der Waals surface area contributed by atoms with Crippen molar-refractivity contribution in [2.24, 2.45) is 0 Å². The van der Waals surface area contributed by atoms with E-state index in [9.17, 15) is 0 Å². The fraction of sp³-hybridized carbons (Fsp3) is 0.222. The summed E-state index contributed by atoms with van der Waals surface area (Å²) in [7, 11) is 0. The predicted molar refractivity (Wildman–Crippen MR) is 45.3 cm³/mol. The topological polar surface area (TPSA) is 37.3 Å². The molecule has 0 bridgehead atoms. The summed E-state index contributed by atoms with van der Waals surface area (Å²) in [6, 6.07) is 0. The fourth-order valence-electron chi connectivity index (χ4n) is 0.521. The summed E-state index contributed by atoms with van der Waals surface area (Å²) in [5.74, 6) is -0.833. The minimum atomic E-state index is -0.833. The zero-order chi connectivity index (χ0) is 8.53. The highest BCUT2D eigenvalue weighted by atomic mass is 16.4. The molecule has 2 nitrogen and oxygen atoms in total. The van der Waals surface area contributed by atoms with Crippen LogP contribution in [0.4, 0.5) is 0 Å². The molecule has 0 aliphatic heterocycles. The predicted octanol–water partition coefficient (Wildman–Crippen LogP) is 2.15. The molecular weight excluding hydrogens is 140 g/mol. The summed E-state index contributed by atoms with van der Waals surface area (Å²) >= 11 is 0. The van der Waals surface area contributed by atoms with Gasteiger partial charge in [0.1, 0.15) is 0 Å². The quantitative estimate of drug-likeness (QED) is 0.577. The van der Waals surface area contributed by atoms with Gasteiger partial charge >= 0.3 is 0 Å². The first-order valence-electron chi connectivity index (χ1n) is 3.41. The van der Waals surface area contributed by atoms with Crippen molar-refractivity contribution in [3.8, 4) is 0 Å². The van der Waals surface area contributed by atoms with Crippen LogP contribution in [0.25, 0.3) is 0 Å². The van der Waals surface area contributed by atoms with Gasteiger partial charge in [-0.3, -0.25) is 4.79 Å². The number of hydrogen-bond donors (Lipinski definition) is 1. The normalized spacial score (nSPS) is 13.2. The average Bonchev–Trinajstić information content (AvgIpc) is 2.13. The summed E-state index contributed by atoms with van der Waals surface area (Å²) in [5.41, 5.74) is 0. The molecule has 0 fully saturated rings. The lowest BCUT2D eigenvalue weighted by Gasteiger charge is -1.69. The number of hydrogen-bond acceptors (Lipinski definition) is 1. The van der Waals surface area contributed by atoms with E-state index in [1.54, 1.807) is 0 Å². The van der Waals surface area contributed by atoms with E-state index >= 15 is 0 Å². The molecule has 0 heterocycles. The Hall–Kier alpha value is -1.31. The molecule has 0 aromatic heterocycles. The molecule has 1 aliphatic carbocycles. The number of aliphatic carboxylic acids is 1. The molecule has 0 aromatic rings. The Bertz CT molecular complexity index is 170. The SMILES string of the molecule is C1=CC=CCC=C1.CC(=O)O. The van der Waals surface area contributed by atoms with E-state index in [2.05, 4.69) is 24.3 Å². The molecule has 0 spiro atoms. The summed E-state index contributed by atoms with van der Waals surface area (Å²) in [5, 5.41) is 7.42. The second-order valence-corrected chi connectivity index (χ2v) is 2.00. The van der Waals surface area contributed by atoms with E-state index in [-0.39, 0.29) is 0 Å². The summed E-state index contributed by atoms with van der Waals surface area (Å²) in [6.45, 7) is 1.08. The third kappa shape index (κ3) is 12.0. The van der Waals surface area contributed by atoms with Crippen LogP contribution in [-0.2, 0) is 4.79 Å². The molecule has 60 valence electrons. The maximum Gasteiger partial charge on any atom is 0.300 e. The maximum absolute atomic E-state index is 9.00. The van der Waals surface area contributed by atoms with Gasteiger partial charge in [0.05, 0.1) is 0 Å². The number of carboxylic acid groups (broad SMARTS) is 1. The minimum Gasteiger partial charge on any atom is -0.481 e. The van der Waals surface area contributed by atoms with E-state index in [4.69, 9.17) is 9.90 Å². The number of carboxylic acids is 1. The van der Waals surface area contributed by atoms with Crippen molar-refractivity contribution >= 4 is 5.97 Å². The van der Waals surface area contributed by atoms with Crippen molar-refractivity contribution in [2.45, 2.75) is 13.3 Å². The van der Waals surface area contributed by atoms with Gasteiger partial charge in [-0.25, -0.2) is 0 Å². The highest BCUT2D eigenvalue weighted by Gasteiger charge is 1.70. The molecule has 0 saturated carbocycles. The number of carbonyl (C=O) groups is 1. The molecule has 0 radical (unpaired) electrons. The molecule has 1 aliphatic rings. The first kappa shape index (κ1) is 9.69. The van der Waals surface area contributed by atoms with Crippen molar-refractivity contribution < 1.29 is 9.90 Å². The lowest BCUT2D eigenvalue weighted by molar-refractivity contribution is -0.134. The Morgan fingerprint density at radius 3 is 1.91 bits per heavy atom. The summed E-state index contributed by atoms with van der Waals surface area (Å²) in [4.78, 5) is 9.00. The van der Waals surface area contributed by atoms with Crippen molar-refractivity contribution in [3.63, 3.8) is 0 Å². The van der Waals surface area contributed by atoms with Crippen LogP contribution in [0.3, 0.4) is 0 Å². The average molecular weight is 152 g/mol. The van der Waals surface area contributed by atoms with Crippen LogP contribution in [0, 0.1) is 0 Å². The molecular formula is C9H12O2. The molecule has 0 saturated heterocycles. The van der Waals surface area contributed by atoms with Gasteiger partial charge in [-0.15, -0.1) is 0 Å². The first-order chi connectivity index (χ1) is 5.23. The van der Waals surface area contributed by atoms with Gasteiger partial charge in [0, 0.05) is 6.92 Å². The lowest BCUT2D eigenvalue weighted by atomic mass is 10.4. The zero-order valence-corrected chi connectivity index (χ0v) is 6.53. The molecule has 1 rings (SSSR count). The van der Waals surface area contributed by atoms with Gasteiger partial charge in [-0.2, -0.15) is 0 Å². The van der Waals surface area contributed by atoms with E-state index in [1.807, 2.05) is 12.2 Å². The molecule has 0 atom stereocenters. The second-order valence-electron chi connectivity index (χ2n) is 2.00. The maximum atomic E-state index is 9.00. The highest BCUT2D eigenvalue weighted by molar-refractivity contribution is 5.62. The standard InChI is InChI=1S/C7H8.C2H4O2/c1-2-4-6-7-5-3-1;1-2(3)4/h1-6H,7H2;1H3,(H,3,4). The molecule has 0 aromatic carbocycles. The summed E-state index contributed by atoms with van der Waals surface area (Å²) < 4.78 is 0. The van der Waals surface area contributed by atoms with Crippen LogP contribution < -0.4 is 0 Å². The Balaban J connectivity index is 0.000000218. The van der Waals surface area contributed by atoms with Gasteiger partial charge < -0.3 is 5.11 Å². The molecule has 11 heavy (non-hydrogen) atoms. The molecule has 0 amide bonds. The van der Waals surface area contributed by atoms with Gasteiger partial charge in [0.25, 0.3) is 5.97 Å². The smallest absolute Gasteiger partial charge is 0.300 e. The Kier molecular flexibility index (Phi) is 5.99. The van der Waals surface area contributed by atoms with Gasteiger partial charge in [-0.05, 0) is 6.42 Å². The van der Waals surface area contributed by atoms with Gasteiger partial charge in [-0.1, -0.05) is 36.5 Å². The van der Waals surface area contributed by atoms with Crippen molar-refractivity contribution in [1.29, 1.82) is 0 Å². The lowest BCUT2D eigenvalue weighted by Crippen LogP contribution is -1.78. The second kappa shape index (κ2) is 6.81. The van der Waals surface area contributed by atoms with Crippen molar-refractivity contribution in [2.75, 3.05) is 0 Å². The van der Waals surface area contributed by atoms with Crippen LogP contribution in [0.15, 0.2) is 36.5 Å². The Morgan fingerprint density at radius 1 is 1.18 bits per heavy atom. The van der Waals surface area contributed by atoms with E-state index in [1.165, 1.54) is 0 Å². The first-order valence-corrected chi connectivity index (χ1v) is 3.41. The van der Waals surface area contributed by atoms with Gasteiger partial charge in [0.15, 0.2) is 0 Å². The van der Waals surface area contributed by atoms with Crippen LogP contribution in [-0.4, -0.2) is 11.1 Å². The van der Waals surface area contributed by atoms with E-state index < -0.39 is 5.97 Å².